The maximum atomic E-state index is 12.2. The molecule has 0 heterocycles. The highest BCUT2D eigenvalue weighted by Crippen LogP contribution is 2.19. The lowest BCUT2D eigenvalue weighted by molar-refractivity contribution is -0.121. The van der Waals surface area contributed by atoms with Gasteiger partial charge in [0.05, 0.1) is 19.3 Å². The van der Waals surface area contributed by atoms with Crippen LogP contribution in [0.5, 0.6) is 5.75 Å². The Morgan fingerprint density at radius 2 is 1.89 bits per heavy atom. The Kier molecular flexibility index (Phi) is 7.86. The van der Waals surface area contributed by atoms with E-state index in [-0.39, 0.29) is 19.6 Å². The summed E-state index contributed by atoms with van der Waals surface area (Å²) < 4.78 is 30.9. The molecular formula is C20H25ClN2O4S. The second-order valence-electron chi connectivity index (χ2n) is 6.59. The van der Waals surface area contributed by atoms with Crippen molar-refractivity contribution in [3.63, 3.8) is 0 Å². The monoisotopic (exact) mass is 424 g/mol. The van der Waals surface area contributed by atoms with Crippen molar-refractivity contribution in [2.45, 2.75) is 20.4 Å². The second-order valence-corrected chi connectivity index (χ2v) is 8.98. The zero-order valence-electron chi connectivity index (χ0n) is 16.2. The average molecular weight is 425 g/mol. The number of halogens is 1. The first kappa shape index (κ1) is 22.2. The summed E-state index contributed by atoms with van der Waals surface area (Å²) in [5.41, 5.74) is 2.74. The molecule has 0 unspecified atom stereocenters. The normalized spacial score (nSPS) is 11.5. The van der Waals surface area contributed by atoms with E-state index in [1.165, 1.54) is 0 Å². The van der Waals surface area contributed by atoms with E-state index in [9.17, 15) is 13.2 Å². The van der Waals surface area contributed by atoms with Gasteiger partial charge in [-0.1, -0.05) is 41.9 Å². The Morgan fingerprint density at radius 3 is 2.57 bits per heavy atom. The maximum Gasteiger partial charge on any atom is 0.235 e. The lowest BCUT2D eigenvalue weighted by Gasteiger charge is -2.20. The molecule has 1 amide bonds. The number of carbonyl (C=O) groups excluding carboxylic acids is 1. The number of ether oxygens (including phenoxy) is 1. The van der Waals surface area contributed by atoms with Crippen LogP contribution in [0.25, 0.3) is 0 Å². The molecule has 28 heavy (non-hydrogen) atoms. The molecule has 0 saturated heterocycles. The molecule has 1 N–H and O–H groups in total. The van der Waals surface area contributed by atoms with E-state index in [1.54, 1.807) is 24.3 Å². The fraction of sp³-hybridized carbons (Fsp3) is 0.350. The first-order valence-corrected chi connectivity index (χ1v) is 11.0. The quantitative estimate of drug-likeness (QED) is 0.628. The van der Waals surface area contributed by atoms with E-state index in [2.05, 4.69) is 5.32 Å². The molecule has 152 valence electrons. The minimum Gasteiger partial charge on any atom is -0.491 e. The zero-order chi connectivity index (χ0) is 20.7. The van der Waals surface area contributed by atoms with Gasteiger partial charge in [0.2, 0.25) is 15.9 Å². The number of nitrogens with one attached hydrogen (secondary N) is 1. The van der Waals surface area contributed by atoms with Gasteiger partial charge in [-0.3, -0.25) is 4.79 Å². The van der Waals surface area contributed by atoms with Crippen LogP contribution in [0.15, 0.2) is 42.5 Å². The van der Waals surface area contributed by atoms with Gasteiger partial charge in [-0.05, 0) is 42.7 Å². The molecule has 6 nitrogen and oxygen atoms in total. The molecule has 8 heteroatoms. The summed E-state index contributed by atoms with van der Waals surface area (Å²) >= 11 is 6.10. The van der Waals surface area contributed by atoms with Gasteiger partial charge in [-0.15, -0.1) is 0 Å². The van der Waals surface area contributed by atoms with Crippen LogP contribution in [0.2, 0.25) is 5.02 Å². The van der Waals surface area contributed by atoms with Crippen LogP contribution in [0.1, 0.15) is 16.7 Å². The Labute approximate surface area is 171 Å². The molecule has 0 aromatic heterocycles. The van der Waals surface area contributed by atoms with Crippen molar-refractivity contribution in [3.8, 4) is 5.75 Å². The Bertz CT molecular complexity index is 932. The molecule has 0 bridgehead atoms. The third kappa shape index (κ3) is 6.82. The molecule has 0 aliphatic rings. The summed E-state index contributed by atoms with van der Waals surface area (Å²) in [6.45, 7) is 4.24. The first-order valence-electron chi connectivity index (χ1n) is 8.82. The molecule has 2 aromatic rings. The molecular weight excluding hydrogens is 400 g/mol. The number of benzene rings is 2. The van der Waals surface area contributed by atoms with E-state index in [0.717, 1.165) is 27.4 Å². The number of carbonyl (C=O) groups is 1. The molecule has 0 aliphatic heterocycles. The highest BCUT2D eigenvalue weighted by atomic mass is 35.5. The molecule has 0 radical (unpaired) electrons. The Hall–Kier alpha value is -2.09. The predicted octanol–water partition coefficient (Wildman–Crippen LogP) is 2.91. The van der Waals surface area contributed by atoms with Crippen LogP contribution in [0, 0.1) is 13.8 Å². The lowest BCUT2D eigenvalue weighted by atomic mass is 10.1. The van der Waals surface area contributed by atoms with E-state index in [0.29, 0.717) is 17.2 Å². The molecule has 0 atom stereocenters. The molecule has 0 aliphatic carbocycles. The van der Waals surface area contributed by atoms with E-state index in [1.807, 2.05) is 32.0 Å². The Morgan fingerprint density at radius 1 is 1.18 bits per heavy atom. The van der Waals surface area contributed by atoms with Crippen molar-refractivity contribution in [2.75, 3.05) is 26.0 Å². The summed E-state index contributed by atoms with van der Waals surface area (Å²) in [6, 6.07) is 12.9. The summed E-state index contributed by atoms with van der Waals surface area (Å²) in [7, 11) is -3.58. The van der Waals surface area contributed by atoms with Gasteiger partial charge in [0, 0.05) is 11.6 Å². The zero-order valence-corrected chi connectivity index (χ0v) is 17.8. The van der Waals surface area contributed by atoms with Gasteiger partial charge >= 0.3 is 0 Å². The standard InChI is InChI=1S/C20H25ClN2O4S/c1-15-8-9-16(2)19(12-15)27-11-10-22-20(24)14-23(28(3,25)26)13-17-6-4-5-7-18(17)21/h4-9,12H,10-11,13-14H2,1-3H3,(H,22,24). The fourth-order valence-electron chi connectivity index (χ4n) is 2.54. The van der Waals surface area contributed by atoms with Crippen LogP contribution in [-0.4, -0.2) is 44.6 Å². The number of hydrogen-bond acceptors (Lipinski definition) is 4. The summed E-state index contributed by atoms with van der Waals surface area (Å²) in [6.07, 6.45) is 1.07. The average Bonchev–Trinajstić information content (AvgIpc) is 2.62. The number of sulfonamides is 1. The summed E-state index contributed by atoms with van der Waals surface area (Å²) in [5.74, 6) is 0.368. The van der Waals surface area contributed by atoms with Crippen molar-refractivity contribution in [2.24, 2.45) is 0 Å². The van der Waals surface area contributed by atoms with Crippen molar-refractivity contribution >= 4 is 27.5 Å². The molecule has 0 saturated carbocycles. The summed E-state index contributed by atoms with van der Waals surface area (Å²) in [4.78, 5) is 12.2. The van der Waals surface area contributed by atoms with Crippen LogP contribution in [0.3, 0.4) is 0 Å². The van der Waals surface area contributed by atoms with Crippen LogP contribution in [-0.2, 0) is 21.4 Å². The van der Waals surface area contributed by atoms with Crippen molar-refractivity contribution in [1.82, 2.24) is 9.62 Å². The molecule has 0 spiro atoms. The highest BCUT2D eigenvalue weighted by Gasteiger charge is 2.21. The van der Waals surface area contributed by atoms with E-state index in [4.69, 9.17) is 16.3 Å². The second kappa shape index (κ2) is 9.91. The van der Waals surface area contributed by atoms with Crippen LogP contribution in [0.4, 0.5) is 0 Å². The number of rotatable bonds is 9. The Balaban J connectivity index is 1.88. The van der Waals surface area contributed by atoms with E-state index >= 15 is 0 Å². The van der Waals surface area contributed by atoms with Crippen molar-refractivity contribution in [1.29, 1.82) is 0 Å². The molecule has 2 rings (SSSR count). The lowest BCUT2D eigenvalue weighted by Crippen LogP contribution is -2.41. The predicted molar refractivity (Wildman–Crippen MR) is 111 cm³/mol. The van der Waals surface area contributed by atoms with Crippen LogP contribution >= 0.6 is 11.6 Å². The van der Waals surface area contributed by atoms with Gasteiger partial charge in [-0.2, -0.15) is 4.31 Å². The fourth-order valence-corrected chi connectivity index (χ4v) is 3.46. The largest absolute Gasteiger partial charge is 0.491 e. The minimum atomic E-state index is -3.58. The number of amides is 1. The van der Waals surface area contributed by atoms with E-state index < -0.39 is 15.9 Å². The van der Waals surface area contributed by atoms with Gasteiger partial charge in [-0.25, -0.2) is 8.42 Å². The first-order chi connectivity index (χ1) is 13.2. The maximum absolute atomic E-state index is 12.2. The molecule has 0 fully saturated rings. The topological polar surface area (TPSA) is 75.7 Å². The third-order valence-corrected chi connectivity index (χ3v) is 5.68. The number of nitrogens with zero attached hydrogens (tertiary/aromatic N) is 1. The van der Waals surface area contributed by atoms with Gasteiger partial charge in [0.15, 0.2) is 0 Å². The van der Waals surface area contributed by atoms with Gasteiger partial charge < -0.3 is 10.1 Å². The molecule has 2 aromatic carbocycles. The highest BCUT2D eigenvalue weighted by molar-refractivity contribution is 7.88. The van der Waals surface area contributed by atoms with Crippen molar-refractivity contribution in [3.05, 3.63) is 64.2 Å². The van der Waals surface area contributed by atoms with Gasteiger partial charge in [0.1, 0.15) is 12.4 Å². The van der Waals surface area contributed by atoms with Crippen molar-refractivity contribution < 1.29 is 17.9 Å². The smallest absolute Gasteiger partial charge is 0.235 e. The van der Waals surface area contributed by atoms with Gasteiger partial charge in [0.25, 0.3) is 0 Å². The SMILES string of the molecule is Cc1ccc(C)c(OCCNC(=O)CN(Cc2ccccc2Cl)S(C)(=O)=O)c1. The minimum absolute atomic E-state index is 0.0327. The number of hydrogen-bond donors (Lipinski definition) is 1. The third-order valence-electron chi connectivity index (χ3n) is 4.12. The van der Waals surface area contributed by atoms with Crippen LogP contribution < -0.4 is 10.1 Å². The number of aryl methyl sites for hydroxylation is 2. The summed E-state index contributed by atoms with van der Waals surface area (Å²) in [5, 5.41) is 3.14.